The number of alkyl halides is 1. The van der Waals surface area contributed by atoms with E-state index in [1.54, 1.807) is 31.2 Å². The van der Waals surface area contributed by atoms with Crippen molar-refractivity contribution in [3.8, 4) is 0 Å². The molecule has 3 nitrogen and oxygen atoms in total. The zero-order valence-electron chi connectivity index (χ0n) is 9.24. The SMILES string of the molecule is CC(Br)(CCC(=O)O)C(=O)c1ccc(Cl)cc1. The molecule has 0 heterocycles. The number of carbonyl (C=O) groups excluding carboxylic acids is 1. The summed E-state index contributed by atoms with van der Waals surface area (Å²) in [5, 5.41) is 9.17. The molecular weight excluding hydrogens is 307 g/mol. The number of rotatable bonds is 5. The van der Waals surface area contributed by atoms with Crippen molar-refractivity contribution in [3.05, 3.63) is 34.9 Å². The summed E-state index contributed by atoms with van der Waals surface area (Å²) < 4.78 is -0.862. The van der Waals surface area contributed by atoms with Gasteiger partial charge in [0, 0.05) is 17.0 Å². The largest absolute Gasteiger partial charge is 0.481 e. The van der Waals surface area contributed by atoms with Gasteiger partial charge >= 0.3 is 5.97 Å². The summed E-state index contributed by atoms with van der Waals surface area (Å²) in [5.41, 5.74) is 0.513. The van der Waals surface area contributed by atoms with Gasteiger partial charge in [0.05, 0.1) is 4.32 Å². The van der Waals surface area contributed by atoms with Crippen LogP contribution in [0.2, 0.25) is 5.02 Å². The van der Waals surface area contributed by atoms with Crippen LogP contribution in [-0.4, -0.2) is 21.2 Å². The maximum Gasteiger partial charge on any atom is 0.303 e. The first-order valence-corrected chi connectivity index (χ1v) is 6.21. The smallest absolute Gasteiger partial charge is 0.303 e. The average Bonchev–Trinajstić information content (AvgIpc) is 2.27. The first kappa shape index (κ1) is 14.2. The topological polar surface area (TPSA) is 54.4 Å². The van der Waals surface area contributed by atoms with E-state index in [1.807, 2.05) is 0 Å². The molecule has 0 spiro atoms. The Bertz CT molecular complexity index is 426. The predicted octanol–water partition coefficient (Wildman–Crippen LogP) is 3.54. The van der Waals surface area contributed by atoms with E-state index in [2.05, 4.69) is 15.9 Å². The Morgan fingerprint density at radius 3 is 2.35 bits per heavy atom. The Kier molecular flexibility index (Phi) is 4.71. The Morgan fingerprint density at radius 2 is 1.88 bits per heavy atom. The van der Waals surface area contributed by atoms with Gasteiger partial charge < -0.3 is 5.11 Å². The molecule has 92 valence electrons. The van der Waals surface area contributed by atoms with Crippen LogP contribution in [0.15, 0.2) is 24.3 Å². The fourth-order valence-corrected chi connectivity index (χ4v) is 1.91. The third-order valence-corrected chi connectivity index (χ3v) is 3.40. The van der Waals surface area contributed by atoms with Crippen LogP contribution in [0.3, 0.4) is 0 Å². The summed E-state index contributed by atoms with van der Waals surface area (Å²) in [7, 11) is 0. The lowest BCUT2D eigenvalue weighted by Gasteiger charge is -2.20. The van der Waals surface area contributed by atoms with Crippen molar-refractivity contribution in [2.24, 2.45) is 0 Å². The van der Waals surface area contributed by atoms with Crippen LogP contribution in [0.5, 0.6) is 0 Å². The number of carboxylic acids is 1. The van der Waals surface area contributed by atoms with Crippen LogP contribution < -0.4 is 0 Å². The van der Waals surface area contributed by atoms with Crippen LogP contribution in [0.4, 0.5) is 0 Å². The Hall–Kier alpha value is -0.870. The zero-order valence-corrected chi connectivity index (χ0v) is 11.6. The third kappa shape index (κ3) is 4.13. The molecule has 0 saturated heterocycles. The van der Waals surface area contributed by atoms with Crippen LogP contribution in [0.1, 0.15) is 30.1 Å². The van der Waals surface area contributed by atoms with Crippen molar-refractivity contribution < 1.29 is 14.7 Å². The van der Waals surface area contributed by atoms with Crippen LogP contribution in [-0.2, 0) is 4.79 Å². The second kappa shape index (κ2) is 5.65. The second-order valence-electron chi connectivity index (χ2n) is 3.93. The summed E-state index contributed by atoms with van der Waals surface area (Å²) in [6.07, 6.45) is 0.185. The number of halogens is 2. The van der Waals surface area contributed by atoms with Crippen molar-refractivity contribution in [1.82, 2.24) is 0 Å². The van der Waals surface area contributed by atoms with Crippen molar-refractivity contribution in [1.29, 1.82) is 0 Å². The number of carboxylic acid groups (broad SMARTS) is 1. The van der Waals surface area contributed by atoms with Crippen molar-refractivity contribution >= 4 is 39.3 Å². The monoisotopic (exact) mass is 318 g/mol. The highest BCUT2D eigenvalue weighted by Gasteiger charge is 2.31. The van der Waals surface area contributed by atoms with E-state index in [0.29, 0.717) is 10.6 Å². The number of carbonyl (C=O) groups is 2. The highest BCUT2D eigenvalue weighted by Crippen LogP contribution is 2.28. The average molecular weight is 320 g/mol. The molecule has 1 rings (SSSR count). The molecule has 5 heteroatoms. The van der Waals surface area contributed by atoms with E-state index in [1.165, 1.54) is 0 Å². The minimum atomic E-state index is -0.917. The molecule has 0 aromatic heterocycles. The highest BCUT2D eigenvalue weighted by molar-refractivity contribution is 9.10. The van der Waals surface area contributed by atoms with Crippen molar-refractivity contribution in [2.75, 3.05) is 0 Å². The number of ketones is 1. The van der Waals surface area contributed by atoms with E-state index in [-0.39, 0.29) is 18.6 Å². The third-order valence-electron chi connectivity index (χ3n) is 2.39. The maximum atomic E-state index is 12.1. The normalized spacial score (nSPS) is 14.1. The molecule has 0 radical (unpaired) electrons. The molecule has 1 aromatic carbocycles. The first-order chi connectivity index (χ1) is 7.83. The van der Waals surface area contributed by atoms with Gasteiger partial charge in [0.25, 0.3) is 0 Å². The van der Waals surface area contributed by atoms with Gasteiger partial charge in [-0.1, -0.05) is 27.5 Å². The number of hydrogen-bond donors (Lipinski definition) is 1. The van der Waals surface area contributed by atoms with E-state index >= 15 is 0 Å². The minimum Gasteiger partial charge on any atom is -0.481 e. The summed E-state index contributed by atoms with van der Waals surface area (Å²) in [6.45, 7) is 1.67. The lowest BCUT2D eigenvalue weighted by molar-refractivity contribution is -0.137. The first-order valence-electron chi connectivity index (χ1n) is 5.04. The Balaban J connectivity index is 2.80. The number of hydrogen-bond acceptors (Lipinski definition) is 2. The van der Waals surface area contributed by atoms with Gasteiger partial charge in [-0.05, 0) is 37.6 Å². The van der Waals surface area contributed by atoms with Crippen molar-refractivity contribution in [2.45, 2.75) is 24.1 Å². The number of aliphatic carboxylic acids is 1. The van der Waals surface area contributed by atoms with Crippen LogP contribution >= 0.6 is 27.5 Å². The van der Waals surface area contributed by atoms with E-state index in [4.69, 9.17) is 16.7 Å². The Morgan fingerprint density at radius 1 is 1.35 bits per heavy atom. The van der Waals surface area contributed by atoms with Gasteiger partial charge in [0.15, 0.2) is 5.78 Å². The van der Waals surface area contributed by atoms with Gasteiger partial charge in [0.1, 0.15) is 0 Å². The summed E-state index contributed by atoms with van der Waals surface area (Å²) in [4.78, 5) is 22.6. The molecule has 1 atom stereocenters. The molecule has 1 unspecified atom stereocenters. The molecule has 1 aromatic rings. The molecule has 0 aliphatic carbocycles. The standard InChI is InChI=1S/C12H12BrClO3/c1-12(13,7-6-10(15)16)11(17)8-2-4-9(14)5-3-8/h2-5H,6-7H2,1H3,(H,15,16). The molecule has 0 aliphatic rings. The number of benzene rings is 1. The minimum absolute atomic E-state index is 0.0545. The predicted molar refractivity (Wildman–Crippen MR) is 70.0 cm³/mol. The molecule has 0 saturated carbocycles. The van der Waals surface area contributed by atoms with Gasteiger partial charge in [-0.3, -0.25) is 9.59 Å². The Labute approximate surface area is 113 Å². The summed E-state index contributed by atoms with van der Waals surface area (Å²) >= 11 is 9.02. The molecule has 1 N–H and O–H groups in total. The lowest BCUT2D eigenvalue weighted by atomic mass is 9.95. The van der Waals surface area contributed by atoms with Gasteiger partial charge in [-0.25, -0.2) is 0 Å². The van der Waals surface area contributed by atoms with Gasteiger partial charge in [-0.2, -0.15) is 0 Å². The molecule has 0 aliphatic heterocycles. The summed E-state index contributed by atoms with van der Waals surface area (Å²) in [6, 6.07) is 6.53. The molecule has 17 heavy (non-hydrogen) atoms. The second-order valence-corrected chi connectivity index (χ2v) is 6.11. The quantitative estimate of drug-likeness (QED) is 0.667. The van der Waals surface area contributed by atoms with Crippen LogP contribution in [0, 0.1) is 0 Å². The van der Waals surface area contributed by atoms with Crippen molar-refractivity contribution in [3.63, 3.8) is 0 Å². The number of Topliss-reactive ketones (excluding diaryl/α,β-unsaturated/α-hetero) is 1. The van der Waals surface area contributed by atoms with E-state index < -0.39 is 10.3 Å². The zero-order chi connectivity index (χ0) is 13.1. The fraction of sp³-hybridized carbons (Fsp3) is 0.333. The van der Waals surface area contributed by atoms with Gasteiger partial charge in [-0.15, -0.1) is 0 Å². The van der Waals surface area contributed by atoms with E-state index in [9.17, 15) is 9.59 Å². The maximum absolute atomic E-state index is 12.1. The van der Waals surface area contributed by atoms with Crippen LogP contribution in [0.25, 0.3) is 0 Å². The molecule has 0 bridgehead atoms. The summed E-state index contributed by atoms with van der Waals surface area (Å²) in [5.74, 6) is -1.06. The highest BCUT2D eigenvalue weighted by atomic mass is 79.9. The van der Waals surface area contributed by atoms with Gasteiger partial charge in [0.2, 0.25) is 0 Å². The molecule has 0 amide bonds. The molecule has 0 fully saturated rings. The fourth-order valence-electron chi connectivity index (χ4n) is 1.36. The van der Waals surface area contributed by atoms with E-state index in [0.717, 1.165) is 0 Å². The lowest BCUT2D eigenvalue weighted by Crippen LogP contribution is -2.29. The molecular formula is C12H12BrClO3.